The summed E-state index contributed by atoms with van der Waals surface area (Å²) in [5.41, 5.74) is 0.457. The van der Waals surface area contributed by atoms with E-state index in [2.05, 4.69) is 9.72 Å². The van der Waals surface area contributed by atoms with E-state index in [1.807, 2.05) is 0 Å². The maximum Gasteiger partial charge on any atom is 0.293 e. The minimum atomic E-state index is -0.0907. The molecule has 13 heavy (non-hydrogen) atoms. The average Bonchev–Trinajstić information content (AvgIpc) is 2.32. The Hall–Kier alpha value is -1.71. The van der Waals surface area contributed by atoms with Crippen molar-refractivity contribution in [3.05, 3.63) is 40.3 Å². The van der Waals surface area contributed by atoms with Crippen LogP contribution in [-0.4, -0.2) is 18.1 Å². The fourth-order valence-electron chi connectivity index (χ4n) is 0.889. The second-order valence-electron chi connectivity index (χ2n) is 2.39. The van der Waals surface area contributed by atoms with Crippen LogP contribution in [0.4, 0.5) is 0 Å². The summed E-state index contributed by atoms with van der Waals surface area (Å²) >= 11 is 0. The lowest BCUT2D eigenvalue weighted by molar-refractivity contribution is -0.128. The van der Waals surface area contributed by atoms with Gasteiger partial charge in [0, 0.05) is 24.4 Å². The van der Waals surface area contributed by atoms with Gasteiger partial charge in [-0.2, -0.15) is 0 Å². The third-order valence-electron chi connectivity index (χ3n) is 1.52. The van der Waals surface area contributed by atoms with Crippen molar-refractivity contribution in [3.8, 4) is 0 Å². The zero-order valence-corrected chi connectivity index (χ0v) is 6.97. The molecule has 1 heterocycles. The molecule has 0 bridgehead atoms. The zero-order chi connectivity index (χ0) is 9.52. The molecule has 1 aromatic rings. The van der Waals surface area contributed by atoms with Crippen LogP contribution in [0.3, 0.4) is 0 Å². The number of hydrogen-bond donors (Lipinski definition) is 0. The highest BCUT2D eigenvalue weighted by Gasteiger charge is 1.96. The van der Waals surface area contributed by atoms with Gasteiger partial charge in [0.15, 0.2) is 5.43 Å². The van der Waals surface area contributed by atoms with Gasteiger partial charge in [0.25, 0.3) is 6.47 Å². The van der Waals surface area contributed by atoms with Gasteiger partial charge < -0.3 is 4.74 Å². The van der Waals surface area contributed by atoms with Gasteiger partial charge >= 0.3 is 0 Å². The minimum absolute atomic E-state index is 0.0907. The first-order valence-corrected chi connectivity index (χ1v) is 3.83. The Bertz CT molecular complexity index is 338. The summed E-state index contributed by atoms with van der Waals surface area (Å²) in [5, 5.41) is 0. The number of rotatable bonds is 4. The number of carbonyl (C=O) groups excluding carboxylic acids is 1. The Morgan fingerprint density at radius 2 is 2.38 bits per heavy atom. The van der Waals surface area contributed by atoms with Crippen molar-refractivity contribution in [1.82, 2.24) is 4.98 Å². The Morgan fingerprint density at radius 1 is 1.54 bits per heavy atom. The predicted molar refractivity (Wildman–Crippen MR) is 46.2 cm³/mol. The Kier molecular flexibility index (Phi) is 3.63. The van der Waals surface area contributed by atoms with Crippen LogP contribution >= 0.6 is 0 Å². The molecular formula is C9H9NO3. The SMILES string of the molecule is O=COCCc1cncccc1=O. The maximum absolute atomic E-state index is 11.2. The molecule has 0 N–H and O–H groups in total. The minimum Gasteiger partial charge on any atom is -0.468 e. The monoisotopic (exact) mass is 179 g/mol. The Morgan fingerprint density at radius 3 is 3.15 bits per heavy atom. The highest BCUT2D eigenvalue weighted by atomic mass is 16.5. The highest BCUT2D eigenvalue weighted by Crippen LogP contribution is 1.89. The fraction of sp³-hybridized carbons (Fsp3) is 0.222. The summed E-state index contributed by atoms with van der Waals surface area (Å²) < 4.78 is 4.48. The van der Waals surface area contributed by atoms with Gasteiger partial charge in [-0.15, -0.1) is 0 Å². The Labute approximate surface area is 75.2 Å². The molecule has 0 fully saturated rings. The van der Waals surface area contributed by atoms with Crippen LogP contribution in [0.25, 0.3) is 0 Å². The number of nitrogens with zero attached hydrogens (tertiary/aromatic N) is 1. The van der Waals surface area contributed by atoms with Gasteiger partial charge in [-0.25, -0.2) is 0 Å². The van der Waals surface area contributed by atoms with E-state index < -0.39 is 0 Å². The lowest BCUT2D eigenvalue weighted by Crippen LogP contribution is -2.07. The van der Waals surface area contributed by atoms with E-state index in [0.717, 1.165) is 0 Å². The molecule has 0 aliphatic heterocycles. The van der Waals surface area contributed by atoms with Crippen LogP contribution < -0.4 is 5.43 Å². The number of ether oxygens (including phenoxy) is 1. The number of aromatic nitrogens is 1. The van der Waals surface area contributed by atoms with E-state index in [9.17, 15) is 9.59 Å². The average molecular weight is 179 g/mol. The smallest absolute Gasteiger partial charge is 0.293 e. The standard InChI is InChI=1S/C9H9NO3/c11-7-13-5-3-8-6-10-4-1-2-9(8)12/h1-2,4,6-7H,3,5H2. The van der Waals surface area contributed by atoms with Crippen LogP contribution in [0.1, 0.15) is 5.56 Å². The largest absolute Gasteiger partial charge is 0.468 e. The molecule has 0 aliphatic rings. The summed E-state index contributed by atoms with van der Waals surface area (Å²) in [6, 6.07) is 3.01. The third-order valence-corrected chi connectivity index (χ3v) is 1.52. The van der Waals surface area contributed by atoms with Crippen molar-refractivity contribution in [3.63, 3.8) is 0 Å². The molecule has 1 rings (SSSR count). The fourth-order valence-corrected chi connectivity index (χ4v) is 0.889. The lowest BCUT2D eigenvalue weighted by Gasteiger charge is -1.94. The molecule has 4 nitrogen and oxygen atoms in total. The van der Waals surface area contributed by atoms with Gasteiger partial charge in [0.05, 0.1) is 6.61 Å². The van der Waals surface area contributed by atoms with Crippen molar-refractivity contribution < 1.29 is 9.53 Å². The molecule has 0 amide bonds. The second kappa shape index (κ2) is 5.03. The second-order valence-corrected chi connectivity index (χ2v) is 2.39. The number of carbonyl (C=O) groups is 1. The van der Waals surface area contributed by atoms with E-state index in [0.29, 0.717) is 18.5 Å². The summed E-state index contributed by atoms with van der Waals surface area (Å²) in [4.78, 5) is 24.9. The van der Waals surface area contributed by atoms with Gasteiger partial charge in [-0.05, 0) is 12.1 Å². The predicted octanol–water partition coefficient (Wildman–Crippen LogP) is 0.157. The highest BCUT2D eigenvalue weighted by molar-refractivity contribution is 5.36. The van der Waals surface area contributed by atoms with E-state index >= 15 is 0 Å². The summed E-state index contributed by atoms with van der Waals surface area (Å²) in [5.74, 6) is 0. The topological polar surface area (TPSA) is 56.3 Å². The number of hydrogen-bond acceptors (Lipinski definition) is 4. The molecule has 0 saturated carbocycles. The maximum atomic E-state index is 11.2. The van der Waals surface area contributed by atoms with Gasteiger partial charge in [-0.1, -0.05) is 0 Å². The van der Waals surface area contributed by atoms with Crippen LogP contribution in [0.5, 0.6) is 0 Å². The van der Waals surface area contributed by atoms with E-state index in [-0.39, 0.29) is 12.0 Å². The normalized spacial score (nSPS) is 9.23. The quantitative estimate of drug-likeness (QED) is 0.488. The van der Waals surface area contributed by atoms with Crippen LogP contribution in [-0.2, 0) is 16.0 Å². The molecule has 0 aromatic carbocycles. The van der Waals surface area contributed by atoms with Gasteiger partial charge in [0.2, 0.25) is 0 Å². The first-order valence-electron chi connectivity index (χ1n) is 3.83. The lowest BCUT2D eigenvalue weighted by atomic mass is 10.2. The molecule has 0 saturated heterocycles. The molecule has 4 heteroatoms. The molecule has 0 unspecified atom stereocenters. The molecule has 0 aliphatic carbocycles. The van der Waals surface area contributed by atoms with E-state index in [1.165, 1.54) is 18.5 Å². The van der Waals surface area contributed by atoms with Crippen molar-refractivity contribution >= 4 is 6.47 Å². The Balaban J connectivity index is 2.72. The van der Waals surface area contributed by atoms with E-state index in [4.69, 9.17) is 0 Å². The van der Waals surface area contributed by atoms with Crippen molar-refractivity contribution in [2.45, 2.75) is 6.42 Å². The summed E-state index contributed by atoms with van der Waals surface area (Å²) in [7, 11) is 0. The van der Waals surface area contributed by atoms with Crippen LogP contribution in [0.2, 0.25) is 0 Å². The molecule has 0 spiro atoms. The molecule has 0 atom stereocenters. The van der Waals surface area contributed by atoms with Crippen molar-refractivity contribution in [2.24, 2.45) is 0 Å². The first kappa shape index (κ1) is 9.38. The van der Waals surface area contributed by atoms with E-state index in [1.54, 1.807) is 6.07 Å². The van der Waals surface area contributed by atoms with Crippen molar-refractivity contribution in [2.75, 3.05) is 6.61 Å². The zero-order valence-electron chi connectivity index (χ0n) is 6.97. The molecule has 1 aromatic heterocycles. The molecule has 0 radical (unpaired) electrons. The van der Waals surface area contributed by atoms with Gasteiger partial charge in [-0.3, -0.25) is 14.6 Å². The van der Waals surface area contributed by atoms with Gasteiger partial charge in [0.1, 0.15) is 0 Å². The summed E-state index contributed by atoms with van der Waals surface area (Å²) in [6.07, 6.45) is 3.42. The van der Waals surface area contributed by atoms with Crippen LogP contribution in [0.15, 0.2) is 29.3 Å². The molecular weight excluding hydrogens is 170 g/mol. The first-order chi connectivity index (χ1) is 6.34. The van der Waals surface area contributed by atoms with Crippen LogP contribution in [0, 0.1) is 0 Å². The summed E-state index contributed by atoms with van der Waals surface area (Å²) in [6.45, 7) is 0.575. The third kappa shape index (κ3) is 3.02. The molecule has 68 valence electrons. The van der Waals surface area contributed by atoms with Crippen molar-refractivity contribution in [1.29, 1.82) is 0 Å².